The van der Waals surface area contributed by atoms with Crippen molar-refractivity contribution in [3.63, 3.8) is 0 Å². The largest absolute Gasteiger partial charge is 0.348 e. The Labute approximate surface area is 113 Å². The fourth-order valence-electron chi connectivity index (χ4n) is 2.36. The van der Waals surface area contributed by atoms with E-state index in [0.29, 0.717) is 12.6 Å². The summed E-state index contributed by atoms with van der Waals surface area (Å²) in [5.74, 6) is -0.426. The van der Waals surface area contributed by atoms with E-state index in [1.165, 1.54) is 15.3 Å². The summed E-state index contributed by atoms with van der Waals surface area (Å²) in [5.41, 5.74) is 1.40. The summed E-state index contributed by atoms with van der Waals surface area (Å²) in [6.45, 7) is 12.0. The van der Waals surface area contributed by atoms with E-state index in [4.69, 9.17) is 9.47 Å². The molecular formula is C14H23NO2S. The van der Waals surface area contributed by atoms with Gasteiger partial charge in [-0.2, -0.15) is 0 Å². The molecule has 2 rings (SSSR count). The number of nitrogens with one attached hydrogen (secondary N) is 1. The molecule has 2 atom stereocenters. The summed E-state index contributed by atoms with van der Waals surface area (Å²) < 4.78 is 11.3. The fraction of sp³-hybridized carbons (Fsp3) is 0.714. The monoisotopic (exact) mass is 269 g/mol. The minimum absolute atomic E-state index is 0.155. The van der Waals surface area contributed by atoms with Crippen molar-refractivity contribution in [1.29, 1.82) is 0 Å². The van der Waals surface area contributed by atoms with Crippen LogP contribution in [0, 0.1) is 13.8 Å². The maximum atomic E-state index is 5.79. The molecule has 0 amide bonds. The number of hydrogen-bond donors (Lipinski definition) is 1. The van der Waals surface area contributed by atoms with Crippen LogP contribution in [0.4, 0.5) is 0 Å². The summed E-state index contributed by atoms with van der Waals surface area (Å²) in [4.78, 5) is 2.77. The number of hydrogen-bond acceptors (Lipinski definition) is 4. The van der Waals surface area contributed by atoms with Crippen molar-refractivity contribution in [3.05, 3.63) is 21.4 Å². The summed E-state index contributed by atoms with van der Waals surface area (Å²) in [7, 11) is 0. The molecule has 102 valence electrons. The molecule has 0 spiro atoms. The Hall–Kier alpha value is -0.420. The molecule has 2 heterocycles. The van der Waals surface area contributed by atoms with Gasteiger partial charge in [0, 0.05) is 22.3 Å². The lowest BCUT2D eigenvalue weighted by Gasteiger charge is -2.19. The maximum absolute atomic E-state index is 5.79. The summed E-state index contributed by atoms with van der Waals surface area (Å²) in [5, 5.41) is 3.53. The third-order valence-electron chi connectivity index (χ3n) is 3.26. The van der Waals surface area contributed by atoms with Crippen molar-refractivity contribution >= 4 is 11.3 Å². The van der Waals surface area contributed by atoms with Gasteiger partial charge in [-0.1, -0.05) is 0 Å². The molecule has 1 aliphatic rings. The molecule has 1 aromatic rings. The molecular weight excluding hydrogens is 246 g/mol. The van der Waals surface area contributed by atoms with E-state index in [-0.39, 0.29) is 6.10 Å². The lowest BCUT2D eigenvalue weighted by molar-refractivity contribution is -0.137. The molecule has 3 nitrogen and oxygen atoms in total. The van der Waals surface area contributed by atoms with Crippen molar-refractivity contribution < 1.29 is 9.47 Å². The van der Waals surface area contributed by atoms with Crippen molar-refractivity contribution in [2.45, 2.75) is 52.6 Å². The summed E-state index contributed by atoms with van der Waals surface area (Å²) in [6, 6.07) is 2.63. The van der Waals surface area contributed by atoms with Gasteiger partial charge >= 0.3 is 0 Å². The highest BCUT2D eigenvalue weighted by molar-refractivity contribution is 7.12. The molecule has 4 heteroatoms. The van der Waals surface area contributed by atoms with Crippen LogP contribution in [-0.4, -0.2) is 25.0 Å². The van der Waals surface area contributed by atoms with E-state index in [0.717, 1.165) is 6.54 Å². The van der Waals surface area contributed by atoms with Gasteiger partial charge in [0.15, 0.2) is 5.79 Å². The second-order valence-electron chi connectivity index (χ2n) is 5.45. The zero-order valence-electron chi connectivity index (χ0n) is 11.9. The molecule has 1 aliphatic heterocycles. The molecule has 1 N–H and O–H groups in total. The smallest absolute Gasteiger partial charge is 0.163 e. The van der Waals surface area contributed by atoms with Gasteiger partial charge in [-0.15, -0.1) is 11.3 Å². The SMILES string of the molecule is Cc1cc(C(C)NCC2COC(C)(C)O2)c(C)s1. The summed E-state index contributed by atoms with van der Waals surface area (Å²) in [6.07, 6.45) is 0.155. The molecule has 18 heavy (non-hydrogen) atoms. The molecule has 0 bridgehead atoms. The predicted molar refractivity (Wildman–Crippen MR) is 75.1 cm³/mol. The van der Waals surface area contributed by atoms with Gasteiger partial charge in [0.05, 0.1) is 12.7 Å². The van der Waals surface area contributed by atoms with Crippen LogP contribution in [0.5, 0.6) is 0 Å². The minimum Gasteiger partial charge on any atom is -0.348 e. The van der Waals surface area contributed by atoms with Crippen LogP contribution >= 0.6 is 11.3 Å². The molecule has 1 saturated heterocycles. The lowest BCUT2D eigenvalue weighted by Crippen LogP contribution is -2.32. The van der Waals surface area contributed by atoms with Gasteiger partial charge in [-0.3, -0.25) is 0 Å². The zero-order chi connectivity index (χ0) is 13.3. The van der Waals surface area contributed by atoms with Crippen LogP contribution in [0.3, 0.4) is 0 Å². The molecule has 0 saturated carbocycles. The van der Waals surface area contributed by atoms with Gasteiger partial charge in [0.25, 0.3) is 0 Å². The van der Waals surface area contributed by atoms with Crippen molar-refractivity contribution in [3.8, 4) is 0 Å². The van der Waals surface area contributed by atoms with E-state index >= 15 is 0 Å². The van der Waals surface area contributed by atoms with E-state index in [9.17, 15) is 0 Å². The van der Waals surface area contributed by atoms with E-state index < -0.39 is 5.79 Å². The van der Waals surface area contributed by atoms with E-state index in [1.807, 2.05) is 25.2 Å². The van der Waals surface area contributed by atoms with Crippen LogP contribution < -0.4 is 5.32 Å². The van der Waals surface area contributed by atoms with Gasteiger partial charge in [0.1, 0.15) is 0 Å². The fourth-order valence-corrected chi connectivity index (χ4v) is 3.38. The standard InChI is InChI=1S/C14H23NO2S/c1-9-6-13(11(3)18-9)10(2)15-7-12-8-16-14(4,5)17-12/h6,10,12,15H,7-8H2,1-5H3. The summed E-state index contributed by atoms with van der Waals surface area (Å²) >= 11 is 1.86. The van der Waals surface area contributed by atoms with Gasteiger partial charge in [-0.25, -0.2) is 0 Å². The quantitative estimate of drug-likeness (QED) is 0.910. The first-order valence-electron chi connectivity index (χ1n) is 6.49. The second kappa shape index (κ2) is 5.29. The Kier molecular flexibility index (Phi) is 4.11. The Balaban J connectivity index is 1.86. The average molecular weight is 269 g/mol. The first-order chi connectivity index (χ1) is 8.37. The van der Waals surface area contributed by atoms with Gasteiger partial charge < -0.3 is 14.8 Å². The Morgan fingerprint density at radius 1 is 1.50 bits per heavy atom. The first kappa shape index (κ1) is 14.0. The Morgan fingerprint density at radius 2 is 2.22 bits per heavy atom. The van der Waals surface area contributed by atoms with Crippen LogP contribution in [0.25, 0.3) is 0 Å². The topological polar surface area (TPSA) is 30.5 Å². The van der Waals surface area contributed by atoms with Gasteiger partial charge in [0.2, 0.25) is 0 Å². The third kappa shape index (κ3) is 3.32. The molecule has 2 unspecified atom stereocenters. The lowest BCUT2D eigenvalue weighted by atomic mass is 10.1. The average Bonchev–Trinajstić information content (AvgIpc) is 2.78. The number of thiophene rings is 1. The Bertz CT molecular complexity index is 414. The second-order valence-corrected chi connectivity index (χ2v) is 6.91. The first-order valence-corrected chi connectivity index (χ1v) is 7.31. The van der Waals surface area contributed by atoms with Crippen LogP contribution in [0.15, 0.2) is 6.07 Å². The van der Waals surface area contributed by atoms with Crippen LogP contribution in [-0.2, 0) is 9.47 Å². The van der Waals surface area contributed by atoms with Crippen LogP contribution in [0.2, 0.25) is 0 Å². The molecule has 0 radical (unpaired) electrons. The maximum Gasteiger partial charge on any atom is 0.163 e. The van der Waals surface area contributed by atoms with Crippen LogP contribution in [0.1, 0.15) is 42.1 Å². The highest BCUT2D eigenvalue weighted by Gasteiger charge is 2.32. The number of ether oxygens (including phenoxy) is 2. The predicted octanol–water partition coefficient (Wildman–Crippen LogP) is 3.17. The molecule has 0 aliphatic carbocycles. The molecule has 1 fully saturated rings. The highest BCUT2D eigenvalue weighted by atomic mass is 32.1. The number of aryl methyl sites for hydroxylation is 2. The van der Waals surface area contributed by atoms with E-state index in [1.54, 1.807) is 0 Å². The van der Waals surface area contributed by atoms with Crippen molar-refractivity contribution in [2.24, 2.45) is 0 Å². The Morgan fingerprint density at radius 3 is 2.72 bits per heavy atom. The van der Waals surface area contributed by atoms with E-state index in [2.05, 4.69) is 32.2 Å². The minimum atomic E-state index is -0.426. The van der Waals surface area contributed by atoms with Gasteiger partial charge in [-0.05, 0) is 46.2 Å². The number of rotatable bonds is 4. The third-order valence-corrected chi connectivity index (χ3v) is 4.25. The normalized spacial score (nSPS) is 24.4. The molecule has 1 aromatic heterocycles. The molecule has 0 aromatic carbocycles. The van der Waals surface area contributed by atoms with Crippen molar-refractivity contribution in [1.82, 2.24) is 5.32 Å². The zero-order valence-corrected chi connectivity index (χ0v) is 12.7. The van der Waals surface area contributed by atoms with Crippen molar-refractivity contribution in [2.75, 3.05) is 13.2 Å². The highest BCUT2D eigenvalue weighted by Crippen LogP contribution is 2.27.